The van der Waals surface area contributed by atoms with Gasteiger partial charge >= 0.3 is 0 Å². The number of aliphatic hydroxyl groups is 1. The summed E-state index contributed by atoms with van der Waals surface area (Å²) in [6, 6.07) is 8.19. The lowest BCUT2D eigenvalue weighted by Crippen LogP contribution is -2.00. The van der Waals surface area contributed by atoms with Crippen LogP contribution in [0.1, 0.15) is 17.2 Å². The molecule has 0 aromatic heterocycles. The molecule has 0 unspecified atom stereocenters. The summed E-state index contributed by atoms with van der Waals surface area (Å²) in [4.78, 5) is 0. The molecule has 1 aliphatic heterocycles. The zero-order chi connectivity index (χ0) is 8.39. The van der Waals surface area contributed by atoms with Crippen molar-refractivity contribution in [3.05, 3.63) is 35.4 Å². The average Bonchev–Trinajstić information content (AvgIpc) is 2.29. The van der Waals surface area contributed by atoms with Gasteiger partial charge in [-0.15, -0.1) is 0 Å². The fraction of sp³-hybridized carbons (Fsp3) is 0.400. The highest BCUT2D eigenvalue weighted by molar-refractivity contribution is 7.99. The monoisotopic (exact) mass is 180 g/mol. The Hall–Kier alpha value is -0.470. The van der Waals surface area contributed by atoms with Crippen molar-refractivity contribution in [2.45, 2.75) is 12.5 Å². The van der Waals surface area contributed by atoms with Crippen LogP contribution in [0.5, 0.6) is 0 Å². The number of aliphatic hydroxyl groups excluding tert-OH is 1. The van der Waals surface area contributed by atoms with Crippen molar-refractivity contribution in [2.75, 3.05) is 11.5 Å². The Morgan fingerprint density at radius 1 is 1.33 bits per heavy atom. The van der Waals surface area contributed by atoms with E-state index >= 15 is 0 Å². The fourth-order valence-electron chi connectivity index (χ4n) is 1.55. The van der Waals surface area contributed by atoms with Crippen LogP contribution in [0.4, 0.5) is 0 Å². The lowest BCUT2D eigenvalue weighted by Gasteiger charge is -2.09. The molecule has 0 aliphatic carbocycles. The van der Waals surface area contributed by atoms with Crippen LogP contribution in [0.2, 0.25) is 0 Å². The van der Waals surface area contributed by atoms with Gasteiger partial charge in [-0.1, -0.05) is 24.3 Å². The Kier molecular flexibility index (Phi) is 2.38. The summed E-state index contributed by atoms with van der Waals surface area (Å²) in [6.45, 7) is 0. The van der Waals surface area contributed by atoms with E-state index in [-0.39, 0.29) is 6.10 Å². The summed E-state index contributed by atoms with van der Waals surface area (Å²) in [5.74, 6) is 1.98. The van der Waals surface area contributed by atoms with E-state index in [2.05, 4.69) is 6.07 Å². The third-order valence-corrected chi connectivity index (χ3v) is 3.25. The Bertz CT molecular complexity index is 272. The number of benzene rings is 1. The molecule has 0 saturated carbocycles. The van der Waals surface area contributed by atoms with Crippen LogP contribution in [0.15, 0.2) is 24.3 Å². The minimum atomic E-state index is -0.256. The van der Waals surface area contributed by atoms with Crippen molar-refractivity contribution in [3.8, 4) is 0 Å². The summed E-state index contributed by atoms with van der Waals surface area (Å²) in [5.41, 5.74) is 2.44. The van der Waals surface area contributed by atoms with Gasteiger partial charge in [0.1, 0.15) is 0 Å². The van der Waals surface area contributed by atoms with Gasteiger partial charge in [0, 0.05) is 5.75 Å². The van der Waals surface area contributed by atoms with Gasteiger partial charge in [-0.3, -0.25) is 0 Å². The maximum absolute atomic E-state index is 9.72. The van der Waals surface area contributed by atoms with Crippen LogP contribution in [0.25, 0.3) is 0 Å². The SMILES string of the molecule is O[C@@H]1CSCCc2ccccc21. The molecule has 1 atom stereocenters. The van der Waals surface area contributed by atoms with Crippen molar-refractivity contribution < 1.29 is 5.11 Å². The molecule has 2 rings (SSSR count). The van der Waals surface area contributed by atoms with Crippen LogP contribution >= 0.6 is 11.8 Å². The zero-order valence-corrected chi connectivity index (χ0v) is 7.68. The summed E-state index contributed by atoms with van der Waals surface area (Å²) in [5, 5.41) is 9.72. The molecule has 1 aliphatic rings. The number of thioether (sulfide) groups is 1. The molecule has 1 N–H and O–H groups in total. The highest BCUT2D eigenvalue weighted by atomic mass is 32.2. The van der Waals surface area contributed by atoms with E-state index < -0.39 is 0 Å². The van der Waals surface area contributed by atoms with Crippen LogP contribution in [-0.4, -0.2) is 16.6 Å². The molecule has 64 valence electrons. The van der Waals surface area contributed by atoms with E-state index in [1.54, 1.807) is 0 Å². The molecule has 0 saturated heterocycles. The lowest BCUT2D eigenvalue weighted by atomic mass is 10.0. The summed E-state index contributed by atoms with van der Waals surface area (Å²) in [6.07, 6.45) is 0.839. The first-order chi connectivity index (χ1) is 5.88. The van der Waals surface area contributed by atoms with Crippen LogP contribution < -0.4 is 0 Å². The van der Waals surface area contributed by atoms with E-state index in [0.717, 1.165) is 23.5 Å². The summed E-state index contributed by atoms with van der Waals surface area (Å²) < 4.78 is 0. The van der Waals surface area contributed by atoms with Gasteiger partial charge in [0.05, 0.1) is 6.10 Å². The first kappa shape index (κ1) is 8.14. The molecule has 0 spiro atoms. The molecule has 1 aromatic rings. The highest BCUT2D eigenvalue weighted by Crippen LogP contribution is 2.26. The van der Waals surface area contributed by atoms with E-state index in [1.807, 2.05) is 30.0 Å². The molecular weight excluding hydrogens is 168 g/mol. The van der Waals surface area contributed by atoms with Crippen LogP contribution in [0, 0.1) is 0 Å². The maximum atomic E-state index is 9.72. The molecule has 0 bridgehead atoms. The third-order valence-electron chi connectivity index (χ3n) is 2.21. The van der Waals surface area contributed by atoms with Crippen molar-refractivity contribution in [1.29, 1.82) is 0 Å². The van der Waals surface area contributed by atoms with Gasteiger partial charge in [-0.25, -0.2) is 0 Å². The molecule has 1 aromatic carbocycles. The molecule has 0 fully saturated rings. The molecule has 2 heteroatoms. The smallest absolute Gasteiger partial charge is 0.0883 e. The first-order valence-corrected chi connectivity index (χ1v) is 5.37. The molecule has 0 amide bonds. The van der Waals surface area contributed by atoms with Crippen molar-refractivity contribution >= 4 is 11.8 Å². The van der Waals surface area contributed by atoms with Crippen molar-refractivity contribution in [2.24, 2.45) is 0 Å². The standard InChI is InChI=1S/C10H12OS/c11-10-7-12-6-5-8-3-1-2-4-9(8)10/h1-4,10-11H,5-7H2/t10-/m1/s1. The van der Waals surface area contributed by atoms with Crippen LogP contribution in [-0.2, 0) is 6.42 Å². The molecule has 1 heterocycles. The van der Waals surface area contributed by atoms with Gasteiger partial charge in [0.15, 0.2) is 0 Å². The third kappa shape index (κ3) is 1.50. The first-order valence-electron chi connectivity index (χ1n) is 4.21. The normalized spacial score (nSPS) is 22.9. The second-order valence-electron chi connectivity index (χ2n) is 3.04. The Balaban J connectivity index is 2.39. The second-order valence-corrected chi connectivity index (χ2v) is 4.19. The molecule has 0 radical (unpaired) electrons. The highest BCUT2D eigenvalue weighted by Gasteiger charge is 2.14. The van der Waals surface area contributed by atoms with E-state index in [0.29, 0.717) is 0 Å². The van der Waals surface area contributed by atoms with E-state index in [9.17, 15) is 5.11 Å². The second kappa shape index (κ2) is 3.50. The quantitative estimate of drug-likeness (QED) is 0.659. The van der Waals surface area contributed by atoms with Gasteiger partial charge < -0.3 is 5.11 Å². The minimum absolute atomic E-state index is 0.256. The molecular formula is C10H12OS. The number of fused-ring (bicyclic) bond motifs is 1. The van der Waals surface area contributed by atoms with Crippen molar-refractivity contribution in [3.63, 3.8) is 0 Å². The minimum Gasteiger partial charge on any atom is -0.388 e. The Labute approximate surface area is 76.8 Å². The maximum Gasteiger partial charge on any atom is 0.0883 e. The van der Waals surface area contributed by atoms with Gasteiger partial charge in [0.25, 0.3) is 0 Å². The molecule has 12 heavy (non-hydrogen) atoms. The number of rotatable bonds is 0. The van der Waals surface area contributed by atoms with Crippen molar-refractivity contribution in [1.82, 2.24) is 0 Å². The Morgan fingerprint density at radius 3 is 3.08 bits per heavy atom. The number of hydrogen-bond donors (Lipinski definition) is 1. The van der Waals surface area contributed by atoms with E-state index in [4.69, 9.17) is 0 Å². The summed E-state index contributed by atoms with van der Waals surface area (Å²) in [7, 11) is 0. The predicted octanol–water partition coefficient (Wildman–Crippen LogP) is 2.01. The fourth-order valence-corrected chi connectivity index (χ4v) is 2.49. The zero-order valence-electron chi connectivity index (χ0n) is 6.86. The van der Waals surface area contributed by atoms with Gasteiger partial charge in [-0.2, -0.15) is 11.8 Å². The summed E-state index contributed by atoms with van der Waals surface area (Å²) >= 11 is 1.83. The van der Waals surface area contributed by atoms with Gasteiger partial charge in [-0.05, 0) is 23.3 Å². The molecule has 1 nitrogen and oxygen atoms in total. The average molecular weight is 180 g/mol. The van der Waals surface area contributed by atoms with E-state index in [1.165, 1.54) is 5.56 Å². The number of aryl methyl sites for hydroxylation is 1. The van der Waals surface area contributed by atoms with Crippen LogP contribution in [0.3, 0.4) is 0 Å². The van der Waals surface area contributed by atoms with Gasteiger partial charge in [0.2, 0.25) is 0 Å². The predicted molar refractivity (Wildman–Crippen MR) is 52.4 cm³/mol. The lowest BCUT2D eigenvalue weighted by molar-refractivity contribution is 0.204. The number of hydrogen-bond acceptors (Lipinski definition) is 2. The Morgan fingerprint density at radius 2 is 2.17 bits per heavy atom. The largest absolute Gasteiger partial charge is 0.388 e. The topological polar surface area (TPSA) is 20.2 Å².